The number of hydrogen-bond acceptors (Lipinski definition) is 3. The summed E-state index contributed by atoms with van der Waals surface area (Å²) >= 11 is 0. The summed E-state index contributed by atoms with van der Waals surface area (Å²) in [5.41, 5.74) is 5.90. The Morgan fingerprint density at radius 1 is 1.50 bits per heavy atom. The number of rotatable bonds is 2. The van der Waals surface area contributed by atoms with Crippen LogP contribution >= 0.6 is 0 Å². The monoisotopic (exact) mass is 197 g/mol. The van der Waals surface area contributed by atoms with Gasteiger partial charge in [0.25, 0.3) is 0 Å². The SMILES string of the molecule is N[C@@H]1CCCN(CC2CCC(=O)N2)C1. The maximum atomic E-state index is 11.0. The first-order chi connectivity index (χ1) is 6.74. The zero-order chi connectivity index (χ0) is 9.97. The highest BCUT2D eigenvalue weighted by Gasteiger charge is 2.25. The second-order valence-electron chi connectivity index (χ2n) is 4.46. The Kier molecular flexibility index (Phi) is 3.03. The van der Waals surface area contributed by atoms with Crippen LogP contribution in [0, 0.1) is 0 Å². The van der Waals surface area contributed by atoms with Gasteiger partial charge >= 0.3 is 0 Å². The molecular formula is C10H19N3O. The highest BCUT2D eigenvalue weighted by molar-refractivity contribution is 5.78. The summed E-state index contributed by atoms with van der Waals surface area (Å²) in [4.78, 5) is 13.4. The van der Waals surface area contributed by atoms with E-state index < -0.39 is 0 Å². The third-order valence-electron chi connectivity index (χ3n) is 3.11. The third kappa shape index (κ3) is 2.45. The number of nitrogens with two attached hydrogens (primary N) is 1. The average molecular weight is 197 g/mol. The summed E-state index contributed by atoms with van der Waals surface area (Å²) in [7, 11) is 0. The summed E-state index contributed by atoms with van der Waals surface area (Å²) < 4.78 is 0. The first kappa shape index (κ1) is 9.93. The van der Waals surface area contributed by atoms with Gasteiger partial charge in [-0.1, -0.05) is 0 Å². The van der Waals surface area contributed by atoms with Crippen molar-refractivity contribution in [2.75, 3.05) is 19.6 Å². The van der Waals surface area contributed by atoms with E-state index in [9.17, 15) is 4.79 Å². The molecule has 4 heteroatoms. The molecule has 14 heavy (non-hydrogen) atoms. The fraction of sp³-hybridized carbons (Fsp3) is 0.900. The lowest BCUT2D eigenvalue weighted by molar-refractivity contribution is -0.119. The van der Waals surface area contributed by atoms with Crippen molar-refractivity contribution in [3.8, 4) is 0 Å². The van der Waals surface area contributed by atoms with Crippen LogP contribution in [-0.2, 0) is 4.79 Å². The first-order valence-electron chi connectivity index (χ1n) is 5.51. The van der Waals surface area contributed by atoms with Crippen LogP contribution in [0.25, 0.3) is 0 Å². The van der Waals surface area contributed by atoms with Crippen LogP contribution in [0.4, 0.5) is 0 Å². The molecule has 0 bridgehead atoms. The minimum atomic E-state index is 0.205. The predicted molar refractivity (Wildman–Crippen MR) is 54.8 cm³/mol. The van der Waals surface area contributed by atoms with Crippen LogP contribution in [0.5, 0.6) is 0 Å². The van der Waals surface area contributed by atoms with Gasteiger partial charge in [0.05, 0.1) is 0 Å². The highest BCUT2D eigenvalue weighted by atomic mass is 16.1. The molecule has 0 spiro atoms. The molecule has 0 aliphatic carbocycles. The van der Waals surface area contributed by atoms with Crippen molar-refractivity contribution < 1.29 is 4.79 Å². The van der Waals surface area contributed by atoms with Gasteiger partial charge in [-0.2, -0.15) is 0 Å². The van der Waals surface area contributed by atoms with E-state index in [0.29, 0.717) is 18.5 Å². The van der Waals surface area contributed by atoms with E-state index >= 15 is 0 Å². The molecule has 0 saturated carbocycles. The number of likely N-dealkylation sites (tertiary alicyclic amines) is 1. The molecule has 2 atom stereocenters. The molecule has 2 heterocycles. The molecule has 2 aliphatic heterocycles. The number of nitrogens with zero attached hydrogens (tertiary/aromatic N) is 1. The van der Waals surface area contributed by atoms with Gasteiger partial charge in [-0.25, -0.2) is 0 Å². The van der Waals surface area contributed by atoms with Crippen molar-refractivity contribution in [1.82, 2.24) is 10.2 Å². The topological polar surface area (TPSA) is 58.4 Å². The molecular weight excluding hydrogens is 178 g/mol. The van der Waals surface area contributed by atoms with Gasteiger partial charge < -0.3 is 11.1 Å². The fourth-order valence-corrected chi connectivity index (χ4v) is 2.38. The number of hydrogen-bond donors (Lipinski definition) is 2. The Balaban J connectivity index is 1.76. The van der Waals surface area contributed by atoms with Crippen molar-refractivity contribution in [3.63, 3.8) is 0 Å². The standard InChI is InChI=1S/C10H19N3O/c11-8-2-1-5-13(6-8)7-9-3-4-10(14)12-9/h8-9H,1-7,11H2,(H,12,14)/t8-,9?/m1/s1. The highest BCUT2D eigenvalue weighted by Crippen LogP contribution is 2.12. The van der Waals surface area contributed by atoms with Crippen molar-refractivity contribution >= 4 is 5.91 Å². The van der Waals surface area contributed by atoms with E-state index in [1.807, 2.05) is 0 Å². The lowest BCUT2D eigenvalue weighted by atomic mass is 10.1. The van der Waals surface area contributed by atoms with Crippen molar-refractivity contribution in [2.45, 2.75) is 37.8 Å². The molecule has 0 radical (unpaired) electrons. The quantitative estimate of drug-likeness (QED) is 0.638. The van der Waals surface area contributed by atoms with Crippen LogP contribution < -0.4 is 11.1 Å². The van der Waals surface area contributed by atoms with Crippen LogP contribution in [0.1, 0.15) is 25.7 Å². The van der Waals surface area contributed by atoms with Gasteiger partial charge in [0, 0.05) is 31.6 Å². The lowest BCUT2D eigenvalue weighted by Gasteiger charge is -2.32. The lowest BCUT2D eigenvalue weighted by Crippen LogP contribution is -2.47. The van der Waals surface area contributed by atoms with E-state index in [1.54, 1.807) is 0 Å². The summed E-state index contributed by atoms with van der Waals surface area (Å²) in [5, 5.41) is 2.99. The van der Waals surface area contributed by atoms with Crippen LogP contribution in [0.15, 0.2) is 0 Å². The minimum absolute atomic E-state index is 0.205. The van der Waals surface area contributed by atoms with E-state index in [1.165, 1.54) is 6.42 Å². The van der Waals surface area contributed by atoms with Gasteiger partial charge in [-0.15, -0.1) is 0 Å². The zero-order valence-electron chi connectivity index (χ0n) is 8.54. The maximum Gasteiger partial charge on any atom is 0.220 e. The van der Waals surface area contributed by atoms with Crippen molar-refractivity contribution in [2.24, 2.45) is 5.73 Å². The van der Waals surface area contributed by atoms with E-state index in [-0.39, 0.29) is 5.91 Å². The Labute approximate surface area is 84.8 Å². The average Bonchev–Trinajstić information content (AvgIpc) is 2.51. The molecule has 0 aromatic heterocycles. The molecule has 0 aromatic rings. The number of nitrogens with one attached hydrogen (secondary N) is 1. The van der Waals surface area contributed by atoms with Crippen molar-refractivity contribution in [3.05, 3.63) is 0 Å². The van der Waals surface area contributed by atoms with Gasteiger partial charge in [-0.05, 0) is 25.8 Å². The van der Waals surface area contributed by atoms with Gasteiger partial charge in [0.15, 0.2) is 0 Å². The zero-order valence-corrected chi connectivity index (χ0v) is 8.54. The molecule has 2 fully saturated rings. The maximum absolute atomic E-state index is 11.0. The molecule has 80 valence electrons. The van der Waals surface area contributed by atoms with E-state index in [0.717, 1.165) is 32.5 Å². The summed E-state index contributed by atoms with van der Waals surface area (Å²) in [6.07, 6.45) is 4.03. The minimum Gasteiger partial charge on any atom is -0.352 e. The summed E-state index contributed by atoms with van der Waals surface area (Å²) in [5.74, 6) is 0.205. The molecule has 1 unspecified atom stereocenters. The molecule has 2 aliphatic rings. The third-order valence-corrected chi connectivity index (χ3v) is 3.11. The van der Waals surface area contributed by atoms with Gasteiger partial charge in [-0.3, -0.25) is 9.69 Å². The Hall–Kier alpha value is -0.610. The number of piperidine rings is 1. The number of carbonyl (C=O) groups is 1. The van der Waals surface area contributed by atoms with E-state index in [4.69, 9.17) is 5.73 Å². The van der Waals surface area contributed by atoms with E-state index in [2.05, 4.69) is 10.2 Å². The van der Waals surface area contributed by atoms with Crippen LogP contribution in [-0.4, -0.2) is 42.5 Å². The fourth-order valence-electron chi connectivity index (χ4n) is 2.38. The molecule has 2 saturated heterocycles. The van der Waals surface area contributed by atoms with Gasteiger partial charge in [0.1, 0.15) is 0 Å². The predicted octanol–water partition coefficient (Wildman–Crippen LogP) is -0.312. The molecule has 1 amide bonds. The molecule has 4 nitrogen and oxygen atoms in total. The Bertz CT molecular complexity index is 219. The number of amides is 1. The number of carbonyl (C=O) groups excluding carboxylic acids is 1. The largest absolute Gasteiger partial charge is 0.352 e. The molecule has 2 rings (SSSR count). The normalized spacial score (nSPS) is 34.5. The Morgan fingerprint density at radius 2 is 2.36 bits per heavy atom. The molecule has 3 N–H and O–H groups in total. The first-order valence-corrected chi connectivity index (χ1v) is 5.51. The van der Waals surface area contributed by atoms with Crippen LogP contribution in [0.2, 0.25) is 0 Å². The second-order valence-corrected chi connectivity index (χ2v) is 4.46. The summed E-state index contributed by atoms with van der Waals surface area (Å²) in [6, 6.07) is 0.702. The molecule has 0 aromatic carbocycles. The smallest absolute Gasteiger partial charge is 0.220 e. The van der Waals surface area contributed by atoms with Crippen LogP contribution in [0.3, 0.4) is 0 Å². The Morgan fingerprint density at radius 3 is 3.00 bits per heavy atom. The van der Waals surface area contributed by atoms with Gasteiger partial charge in [0.2, 0.25) is 5.91 Å². The second kappa shape index (κ2) is 4.28. The summed E-state index contributed by atoms with van der Waals surface area (Å²) in [6.45, 7) is 3.12. The van der Waals surface area contributed by atoms with Crippen molar-refractivity contribution in [1.29, 1.82) is 0 Å².